The van der Waals surface area contributed by atoms with Gasteiger partial charge in [0.2, 0.25) is 5.95 Å². The molecular formula is C14H19N5O3. The molecule has 0 atom stereocenters. The van der Waals surface area contributed by atoms with Crippen molar-refractivity contribution in [1.82, 2.24) is 20.4 Å². The fourth-order valence-electron chi connectivity index (χ4n) is 1.79. The Morgan fingerprint density at radius 3 is 2.82 bits per heavy atom. The molecule has 0 aliphatic heterocycles. The van der Waals surface area contributed by atoms with Gasteiger partial charge in [0.05, 0.1) is 0 Å². The van der Waals surface area contributed by atoms with Crippen molar-refractivity contribution in [3.05, 3.63) is 29.3 Å². The van der Waals surface area contributed by atoms with Crippen molar-refractivity contribution in [3.8, 4) is 0 Å². The Morgan fingerprint density at radius 1 is 1.32 bits per heavy atom. The van der Waals surface area contributed by atoms with E-state index in [1.165, 1.54) is 0 Å². The molecular weight excluding hydrogens is 286 g/mol. The summed E-state index contributed by atoms with van der Waals surface area (Å²) in [5.41, 5.74) is 0.979. The fraction of sp³-hybridized carbons (Fsp3) is 0.429. The van der Waals surface area contributed by atoms with Gasteiger partial charge in [0, 0.05) is 32.0 Å². The first-order chi connectivity index (χ1) is 10.6. The Hall–Kier alpha value is -2.48. The third-order valence-electron chi connectivity index (χ3n) is 2.77. The van der Waals surface area contributed by atoms with Crippen molar-refractivity contribution in [3.63, 3.8) is 0 Å². The Bertz CT molecular complexity index is 641. The Labute approximate surface area is 128 Å². The van der Waals surface area contributed by atoms with Crippen LogP contribution in [0.1, 0.15) is 28.4 Å². The van der Waals surface area contributed by atoms with Crippen molar-refractivity contribution < 1.29 is 14.1 Å². The molecule has 22 heavy (non-hydrogen) atoms. The molecule has 0 aliphatic carbocycles. The second-order valence-corrected chi connectivity index (χ2v) is 4.77. The van der Waals surface area contributed by atoms with Gasteiger partial charge in [-0.1, -0.05) is 5.16 Å². The van der Waals surface area contributed by atoms with Gasteiger partial charge in [-0.3, -0.25) is 4.79 Å². The first-order valence-corrected chi connectivity index (χ1v) is 6.91. The standard InChI is InChI=1S/C14H19N5O3/c1-9-7-11(13(20)15-5-4-6-21-3)17-14(16-9)18-12-8-10(2)22-19-12/h7-8H,4-6H2,1-3H3,(H,15,20)(H,16,17,18,19). The number of hydrogen-bond acceptors (Lipinski definition) is 7. The van der Waals surface area contributed by atoms with Crippen molar-refractivity contribution in [2.24, 2.45) is 0 Å². The Morgan fingerprint density at radius 2 is 2.14 bits per heavy atom. The van der Waals surface area contributed by atoms with E-state index in [1.807, 2.05) is 0 Å². The first kappa shape index (κ1) is 15.9. The van der Waals surface area contributed by atoms with Crippen LogP contribution in [0, 0.1) is 13.8 Å². The summed E-state index contributed by atoms with van der Waals surface area (Å²) in [5, 5.41) is 9.50. The molecule has 118 valence electrons. The number of aromatic nitrogens is 3. The lowest BCUT2D eigenvalue weighted by atomic mass is 10.3. The molecule has 0 unspecified atom stereocenters. The summed E-state index contributed by atoms with van der Waals surface area (Å²) in [6.45, 7) is 4.71. The van der Waals surface area contributed by atoms with E-state index in [0.29, 0.717) is 42.1 Å². The second-order valence-electron chi connectivity index (χ2n) is 4.77. The molecule has 1 amide bonds. The molecule has 2 aromatic heterocycles. The highest BCUT2D eigenvalue weighted by Gasteiger charge is 2.11. The quantitative estimate of drug-likeness (QED) is 0.749. The minimum absolute atomic E-state index is 0.249. The van der Waals surface area contributed by atoms with Crippen molar-refractivity contribution in [2.45, 2.75) is 20.3 Å². The highest BCUT2D eigenvalue weighted by Crippen LogP contribution is 2.13. The maximum absolute atomic E-state index is 12.1. The predicted octanol–water partition coefficient (Wildman–Crippen LogP) is 1.59. The molecule has 0 aliphatic rings. The smallest absolute Gasteiger partial charge is 0.270 e. The van der Waals surface area contributed by atoms with Crippen LogP contribution in [0.3, 0.4) is 0 Å². The molecule has 0 radical (unpaired) electrons. The van der Waals surface area contributed by atoms with E-state index in [4.69, 9.17) is 9.26 Å². The van der Waals surface area contributed by atoms with E-state index in [2.05, 4.69) is 25.8 Å². The molecule has 0 bridgehead atoms. The summed E-state index contributed by atoms with van der Waals surface area (Å²) in [5.74, 6) is 1.22. The number of carbonyl (C=O) groups is 1. The molecule has 2 N–H and O–H groups in total. The van der Waals surface area contributed by atoms with Crippen LogP contribution in [0.4, 0.5) is 11.8 Å². The van der Waals surface area contributed by atoms with Gasteiger partial charge in [-0.05, 0) is 26.3 Å². The number of hydrogen-bond donors (Lipinski definition) is 2. The van der Waals surface area contributed by atoms with Gasteiger partial charge in [-0.25, -0.2) is 9.97 Å². The van der Waals surface area contributed by atoms with Gasteiger partial charge < -0.3 is 19.9 Å². The van der Waals surface area contributed by atoms with Crippen LogP contribution in [0.5, 0.6) is 0 Å². The predicted molar refractivity (Wildman–Crippen MR) is 80.1 cm³/mol. The summed E-state index contributed by atoms with van der Waals surface area (Å²) < 4.78 is 9.89. The molecule has 0 saturated carbocycles. The number of anilines is 2. The van der Waals surface area contributed by atoms with Crippen LogP contribution in [0.2, 0.25) is 0 Å². The average Bonchev–Trinajstić information content (AvgIpc) is 2.88. The fourth-order valence-corrected chi connectivity index (χ4v) is 1.79. The highest BCUT2D eigenvalue weighted by atomic mass is 16.5. The molecule has 0 aromatic carbocycles. The lowest BCUT2D eigenvalue weighted by molar-refractivity contribution is 0.0943. The molecule has 0 saturated heterocycles. The van der Waals surface area contributed by atoms with E-state index in [1.54, 1.807) is 33.1 Å². The SMILES string of the molecule is COCCCNC(=O)c1cc(C)nc(Nc2cc(C)on2)n1. The topological polar surface area (TPSA) is 102 Å². The molecule has 8 heteroatoms. The number of nitrogens with zero attached hydrogens (tertiary/aromatic N) is 3. The molecule has 2 heterocycles. The van der Waals surface area contributed by atoms with Crippen molar-refractivity contribution >= 4 is 17.7 Å². The number of rotatable bonds is 7. The summed E-state index contributed by atoms with van der Waals surface area (Å²) in [6, 6.07) is 3.35. The maximum Gasteiger partial charge on any atom is 0.270 e. The Balaban J connectivity index is 2.04. The zero-order valence-corrected chi connectivity index (χ0v) is 12.8. The van der Waals surface area contributed by atoms with Gasteiger partial charge in [0.15, 0.2) is 5.82 Å². The van der Waals surface area contributed by atoms with Crippen LogP contribution in [0.15, 0.2) is 16.7 Å². The summed E-state index contributed by atoms with van der Waals surface area (Å²) in [4.78, 5) is 20.5. The molecule has 2 rings (SSSR count). The second kappa shape index (κ2) is 7.51. The van der Waals surface area contributed by atoms with Crippen LogP contribution in [-0.2, 0) is 4.74 Å². The van der Waals surface area contributed by atoms with E-state index in [-0.39, 0.29) is 5.91 Å². The Kier molecular flexibility index (Phi) is 5.42. The van der Waals surface area contributed by atoms with Crippen molar-refractivity contribution in [1.29, 1.82) is 0 Å². The number of ether oxygens (including phenoxy) is 1. The zero-order chi connectivity index (χ0) is 15.9. The molecule has 0 fully saturated rings. The first-order valence-electron chi connectivity index (χ1n) is 6.91. The minimum atomic E-state index is -0.249. The lowest BCUT2D eigenvalue weighted by Crippen LogP contribution is -2.26. The molecule has 2 aromatic rings. The van der Waals surface area contributed by atoms with Gasteiger partial charge in [-0.2, -0.15) is 0 Å². The summed E-state index contributed by atoms with van der Waals surface area (Å²) >= 11 is 0. The summed E-state index contributed by atoms with van der Waals surface area (Å²) in [6.07, 6.45) is 0.746. The van der Waals surface area contributed by atoms with Crippen LogP contribution < -0.4 is 10.6 Å². The zero-order valence-electron chi connectivity index (χ0n) is 12.8. The van der Waals surface area contributed by atoms with E-state index < -0.39 is 0 Å². The number of methoxy groups -OCH3 is 1. The van der Waals surface area contributed by atoms with Crippen LogP contribution >= 0.6 is 0 Å². The van der Waals surface area contributed by atoms with Gasteiger partial charge in [0.1, 0.15) is 11.5 Å². The number of carbonyl (C=O) groups excluding carboxylic acids is 1. The number of aryl methyl sites for hydroxylation is 2. The van der Waals surface area contributed by atoms with Crippen LogP contribution in [0.25, 0.3) is 0 Å². The van der Waals surface area contributed by atoms with Gasteiger partial charge in [-0.15, -0.1) is 0 Å². The van der Waals surface area contributed by atoms with Gasteiger partial charge in [0.25, 0.3) is 5.91 Å². The van der Waals surface area contributed by atoms with Gasteiger partial charge >= 0.3 is 0 Å². The maximum atomic E-state index is 12.1. The largest absolute Gasteiger partial charge is 0.385 e. The third-order valence-corrected chi connectivity index (χ3v) is 2.77. The van der Waals surface area contributed by atoms with Crippen molar-refractivity contribution in [2.75, 3.05) is 25.6 Å². The third kappa shape index (κ3) is 4.52. The van der Waals surface area contributed by atoms with E-state index in [0.717, 1.165) is 6.42 Å². The number of amides is 1. The van der Waals surface area contributed by atoms with E-state index in [9.17, 15) is 4.79 Å². The minimum Gasteiger partial charge on any atom is -0.385 e. The normalized spacial score (nSPS) is 10.5. The molecule has 0 spiro atoms. The lowest BCUT2D eigenvalue weighted by Gasteiger charge is -2.07. The summed E-state index contributed by atoms with van der Waals surface area (Å²) in [7, 11) is 1.62. The monoisotopic (exact) mass is 305 g/mol. The van der Waals surface area contributed by atoms with E-state index >= 15 is 0 Å². The highest BCUT2D eigenvalue weighted by molar-refractivity contribution is 5.92. The number of nitrogens with one attached hydrogen (secondary N) is 2. The average molecular weight is 305 g/mol. The molecule has 8 nitrogen and oxygen atoms in total. The van der Waals surface area contributed by atoms with Crippen LogP contribution in [-0.4, -0.2) is 41.3 Å².